The van der Waals surface area contributed by atoms with Crippen LogP contribution in [0, 0.1) is 12.3 Å². The van der Waals surface area contributed by atoms with Crippen LogP contribution in [0.3, 0.4) is 0 Å². The van der Waals surface area contributed by atoms with Crippen molar-refractivity contribution in [3.05, 3.63) is 34.9 Å². The van der Waals surface area contributed by atoms with Crippen molar-refractivity contribution in [2.45, 2.75) is 78.6 Å². The number of hydrogen-bond acceptors (Lipinski definition) is 4. The fourth-order valence-corrected chi connectivity index (χ4v) is 4.22. The van der Waals surface area contributed by atoms with Crippen LogP contribution in [0.2, 0.25) is 0 Å². The zero-order chi connectivity index (χ0) is 19.9. The van der Waals surface area contributed by atoms with Crippen LogP contribution in [-0.2, 0) is 25.5 Å². The third-order valence-electron chi connectivity index (χ3n) is 5.56. The molecule has 4 heteroatoms. The van der Waals surface area contributed by atoms with Gasteiger partial charge in [0.25, 0.3) is 0 Å². The summed E-state index contributed by atoms with van der Waals surface area (Å²) in [4.78, 5) is 25.9. The van der Waals surface area contributed by atoms with Crippen molar-refractivity contribution in [1.29, 1.82) is 0 Å². The van der Waals surface area contributed by atoms with E-state index in [4.69, 9.17) is 9.47 Å². The van der Waals surface area contributed by atoms with Crippen LogP contribution in [0.4, 0.5) is 0 Å². The molecule has 0 saturated heterocycles. The number of benzene rings is 1. The number of hydrogen-bond donors (Lipinski definition) is 0. The molecule has 4 nitrogen and oxygen atoms in total. The van der Waals surface area contributed by atoms with E-state index in [1.165, 1.54) is 24.8 Å². The number of unbranched alkanes of at least 4 members (excludes halogenated alkanes) is 3. The fourth-order valence-electron chi connectivity index (χ4n) is 4.22. The van der Waals surface area contributed by atoms with Crippen LogP contribution in [-0.4, -0.2) is 25.2 Å². The molecule has 1 aliphatic rings. The molecule has 1 aliphatic carbocycles. The van der Waals surface area contributed by atoms with Crippen LogP contribution < -0.4 is 0 Å². The second kappa shape index (κ2) is 9.91. The molecule has 1 atom stereocenters. The van der Waals surface area contributed by atoms with Crippen LogP contribution >= 0.6 is 0 Å². The lowest BCUT2D eigenvalue weighted by atomic mass is 9.65. The lowest BCUT2D eigenvalue weighted by molar-refractivity contribution is -0.173. The molecule has 0 heterocycles. The van der Waals surface area contributed by atoms with Gasteiger partial charge in [0, 0.05) is 0 Å². The van der Waals surface area contributed by atoms with E-state index in [9.17, 15) is 9.59 Å². The largest absolute Gasteiger partial charge is 0.465 e. The van der Waals surface area contributed by atoms with Crippen molar-refractivity contribution in [1.82, 2.24) is 0 Å². The molecule has 1 aromatic rings. The summed E-state index contributed by atoms with van der Waals surface area (Å²) in [7, 11) is 0. The Kier molecular flexibility index (Phi) is 7.88. The maximum absolute atomic E-state index is 12.9. The Morgan fingerprint density at radius 1 is 1.04 bits per heavy atom. The van der Waals surface area contributed by atoms with Gasteiger partial charge in [-0.1, -0.05) is 56.4 Å². The van der Waals surface area contributed by atoms with Crippen molar-refractivity contribution < 1.29 is 19.1 Å². The lowest BCUT2D eigenvalue weighted by Crippen LogP contribution is -2.47. The molecule has 0 fully saturated rings. The van der Waals surface area contributed by atoms with Crippen LogP contribution in [0.15, 0.2) is 18.2 Å². The van der Waals surface area contributed by atoms with Crippen molar-refractivity contribution >= 4 is 11.9 Å². The van der Waals surface area contributed by atoms with E-state index in [0.717, 1.165) is 24.0 Å². The molecule has 0 bridgehead atoms. The van der Waals surface area contributed by atoms with E-state index in [0.29, 0.717) is 12.8 Å². The van der Waals surface area contributed by atoms with Gasteiger partial charge in [-0.2, -0.15) is 0 Å². The summed E-state index contributed by atoms with van der Waals surface area (Å²) in [5.74, 6) is -0.691. The highest BCUT2D eigenvalue weighted by atomic mass is 16.6. The molecule has 1 aromatic carbocycles. The van der Waals surface area contributed by atoms with Crippen LogP contribution in [0.5, 0.6) is 0 Å². The highest BCUT2D eigenvalue weighted by molar-refractivity contribution is 6.01. The minimum atomic E-state index is -1.22. The second-order valence-electron chi connectivity index (χ2n) is 7.65. The molecule has 27 heavy (non-hydrogen) atoms. The summed E-state index contributed by atoms with van der Waals surface area (Å²) < 4.78 is 10.7. The maximum Gasteiger partial charge on any atom is 0.323 e. The summed E-state index contributed by atoms with van der Waals surface area (Å²) >= 11 is 0. The number of aryl methyl sites for hydroxylation is 1. The molecule has 0 spiro atoms. The highest BCUT2D eigenvalue weighted by Gasteiger charge is 2.53. The minimum absolute atomic E-state index is 0.181. The molecule has 0 aliphatic heterocycles. The quantitative estimate of drug-likeness (QED) is 0.342. The second-order valence-corrected chi connectivity index (χ2v) is 7.65. The summed E-state index contributed by atoms with van der Waals surface area (Å²) in [5.41, 5.74) is 2.29. The molecule has 0 amide bonds. The first-order valence-corrected chi connectivity index (χ1v) is 10.4. The number of ether oxygens (including phenoxy) is 2. The number of carbonyl (C=O) groups excluding carboxylic acids is 2. The first-order valence-electron chi connectivity index (χ1n) is 10.4. The molecule has 0 unspecified atom stereocenters. The fraction of sp³-hybridized carbons (Fsp3) is 0.652. The molecule has 2 rings (SSSR count). The summed E-state index contributed by atoms with van der Waals surface area (Å²) in [6.07, 6.45) is 6.52. The van der Waals surface area contributed by atoms with Crippen molar-refractivity contribution in [2.75, 3.05) is 13.2 Å². The Morgan fingerprint density at radius 2 is 1.70 bits per heavy atom. The molecule has 150 valence electrons. The van der Waals surface area contributed by atoms with E-state index in [-0.39, 0.29) is 19.1 Å². The third-order valence-corrected chi connectivity index (χ3v) is 5.56. The van der Waals surface area contributed by atoms with Gasteiger partial charge in [0.05, 0.1) is 13.2 Å². The normalized spacial score (nSPS) is 17.9. The van der Waals surface area contributed by atoms with Crippen LogP contribution in [0.1, 0.15) is 81.9 Å². The average molecular weight is 375 g/mol. The van der Waals surface area contributed by atoms with Crippen molar-refractivity contribution in [2.24, 2.45) is 5.41 Å². The van der Waals surface area contributed by atoms with Gasteiger partial charge in [-0.25, -0.2) is 0 Å². The Bertz CT molecular complexity index is 632. The SMILES string of the molecule is CCCCCC[C@@H]1CC(C(=O)OCC)(C(=O)OCC)Cc2cc(C)ccc21. The molecule has 0 aromatic heterocycles. The molecular formula is C23H34O4. The summed E-state index contributed by atoms with van der Waals surface area (Å²) in [5, 5.41) is 0. The number of carbonyl (C=O) groups is 2. The van der Waals surface area contributed by atoms with Gasteiger partial charge in [0.1, 0.15) is 0 Å². The van der Waals surface area contributed by atoms with E-state index < -0.39 is 17.4 Å². The standard InChI is InChI=1S/C23H34O4/c1-5-8-9-10-11-18-15-23(21(24)26-6-2,22(25)27-7-3)16-19-14-17(4)12-13-20(18)19/h12-14,18H,5-11,15-16H2,1-4H3/t18-/m1/s1. The highest BCUT2D eigenvalue weighted by Crippen LogP contribution is 2.46. The average Bonchev–Trinajstić information content (AvgIpc) is 2.64. The predicted molar refractivity (Wildman–Crippen MR) is 107 cm³/mol. The number of rotatable bonds is 9. The Morgan fingerprint density at radius 3 is 2.30 bits per heavy atom. The molecule has 0 saturated carbocycles. The monoisotopic (exact) mass is 374 g/mol. The van der Waals surface area contributed by atoms with Gasteiger partial charge in [-0.3, -0.25) is 9.59 Å². The topological polar surface area (TPSA) is 52.6 Å². The van der Waals surface area contributed by atoms with E-state index in [2.05, 4.69) is 25.1 Å². The van der Waals surface area contributed by atoms with Crippen molar-refractivity contribution in [3.8, 4) is 0 Å². The van der Waals surface area contributed by atoms with Crippen LogP contribution in [0.25, 0.3) is 0 Å². The first kappa shape index (κ1) is 21.5. The molecule has 0 radical (unpaired) electrons. The van der Waals surface area contributed by atoms with Gasteiger partial charge in [-0.05, 0) is 57.1 Å². The Labute approximate surface area is 163 Å². The van der Waals surface area contributed by atoms with E-state index in [1.54, 1.807) is 13.8 Å². The van der Waals surface area contributed by atoms with Gasteiger partial charge in [-0.15, -0.1) is 0 Å². The lowest BCUT2D eigenvalue weighted by Gasteiger charge is -2.38. The minimum Gasteiger partial charge on any atom is -0.465 e. The zero-order valence-corrected chi connectivity index (χ0v) is 17.3. The Hall–Kier alpha value is -1.84. The van der Waals surface area contributed by atoms with Crippen molar-refractivity contribution in [3.63, 3.8) is 0 Å². The van der Waals surface area contributed by atoms with Gasteiger partial charge < -0.3 is 9.47 Å². The van der Waals surface area contributed by atoms with Gasteiger partial charge in [0.15, 0.2) is 5.41 Å². The first-order chi connectivity index (χ1) is 13.0. The Balaban J connectivity index is 2.39. The summed E-state index contributed by atoms with van der Waals surface area (Å²) in [6, 6.07) is 6.41. The third kappa shape index (κ3) is 4.91. The predicted octanol–water partition coefficient (Wildman–Crippen LogP) is 5.11. The molecule has 0 N–H and O–H groups in total. The zero-order valence-electron chi connectivity index (χ0n) is 17.3. The maximum atomic E-state index is 12.9. The van der Waals surface area contributed by atoms with Gasteiger partial charge in [0.2, 0.25) is 0 Å². The smallest absolute Gasteiger partial charge is 0.323 e. The van der Waals surface area contributed by atoms with E-state index >= 15 is 0 Å². The summed E-state index contributed by atoms with van der Waals surface area (Å²) in [6.45, 7) is 8.33. The van der Waals surface area contributed by atoms with E-state index in [1.807, 2.05) is 6.92 Å². The molecular weight excluding hydrogens is 340 g/mol. The van der Waals surface area contributed by atoms with Gasteiger partial charge >= 0.3 is 11.9 Å². The number of esters is 2. The number of fused-ring (bicyclic) bond motifs is 1.